The Morgan fingerprint density at radius 2 is 1.72 bits per heavy atom. The molecule has 0 saturated carbocycles. The van der Waals surface area contributed by atoms with Gasteiger partial charge in [0.05, 0.1) is 5.69 Å². The number of carbonyl (C=O) groups is 1. The summed E-state index contributed by atoms with van der Waals surface area (Å²) in [5.74, 6) is -0.365. The zero-order valence-electron chi connectivity index (χ0n) is 16.1. The fourth-order valence-electron chi connectivity index (χ4n) is 3.07. The Labute approximate surface area is 167 Å². The fourth-order valence-corrected chi connectivity index (χ4v) is 3.07. The van der Waals surface area contributed by atoms with E-state index in [1.54, 1.807) is 10.7 Å². The summed E-state index contributed by atoms with van der Waals surface area (Å²) in [5.41, 5.74) is 4.20. The molecule has 0 radical (unpaired) electrons. The molecule has 0 fully saturated rings. The highest BCUT2D eigenvalue weighted by Crippen LogP contribution is 2.24. The van der Waals surface area contributed by atoms with E-state index in [0.29, 0.717) is 11.5 Å². The summed E-state index contributed by atoms with van der Waals surface area (Å²) >= 11 is 0. The van der Waals surface area contributed by atoms with Gasteiger partial charge >= 0.3 is 0 Å². The van der Waals surface area contributed by atoms with Gasteiger partial charge in [0.15, 0.2) is 5.82 Å². The van der Waals surface area contributed by atoms with Crippen LogP contribution in [-0.2, 0) is 0 Å². The van der Waals surface area contributed by atoms with Gasteiger partial charge < -0.3 is 5.32 Å². The Hall–Kier alpha value is -3.80. The molecule has 0 aliphatic heterocycles. The van der Waals surface area contributed by atoms with Crippen molar-refractivity contribution in [2.24, 2.45) is 0 Å². The topological polar surface area (TPSA) is 59.8 Å². The molecule has 6 heteroatoms. The van der Waals surface area contributed by atoms with E-state index in [4.69, 9.17) is 0 Å². The number of anilines is 1. The van der Waals surface area contributed by atoms with Crippen LogP contribution in [0.15, 0.2) is 72.8 Å². The predicted molar refractivity (Wildman–Crippen MR) is 111 cm³/mol. The molecule has 4 rings (SSSR count). The molecule has 0 spiro atoms. The lowest BCUT2D eigenvalue weighted by molar-refractivity contribution is 0.101. The molecule has 4 aromatic rings. The maximum Gasteiger partial charge on any atom is 0.295 e. The lowest BCUT2D eigenvalue weighted by atomic mass is 10.1. The van der Waals surface area contributed by atoms with Crippen molar-refractivity contribution in [1.29, 1.82) is 0 Å². The second kappa shape index (κ2) is 7.67. The molecule has 1 N–H and O–H groups in total. The van der Waals surface area contributed by atoms with Crippen molar-refractivity contribution in [3.05, 3.63) is 95.6 Å². The normalized spacial score (nSPS) is 10.7. The monoisotopic (exact) mass is 386 g/mol. The van der Waals surface area contributed by atoms with E-state index >= 15 is 0 Å². The van der Waals surface area contributed by atoms with E-state index in [-0.39, 0.29) is 5.82 Å². The maximum absolute atomic E-state index is 13.4. The molecule has 0 atom stereocenters. The molecule has 0 saturated heterocycles. The number of hydrogen-bond donors (Lipinski definition) is 1. The van der Waals surface area contributed by atoms with Gasteiger partial charge in [-0.15, -0.1) is 5.10 Å². The van der Waals surface area contributed by atoms with Gasteiger partial charge in [0.2, 0.25) is 5.82 Å². The summed E-state index contributed by atoms with van der Waals surface area (Å²) < 4.78 is 15.1. The number of benzene rings is 3. The summed E-state index contributed by atoms with van der Waals surface area (Å²) in [4.78, 5) is 17.2. The number of hydrogen-bond acceptors (Lipinski definition) is 3. The molecule has 0 aliphatic rings. The second-order valence-electron chi connectivity index (χ2n) is 6.72. The third-order valence-corrected chi connectivity index (χ3v) is 4.73. The van der Waals surface area contributed by atoms with E-state index in [1.165, 1.54) is 18.2 Å². The van der Waals surface area contributed by atoms with Gasteiger partial charge in [-0.2, -0.15) is 0 Å². The van der Waals surface area contributed by atoms with Crippen molar-refractivity contribution in [2.45, 2.75) is 13.8 Å². The molecule has 3 aromatic carbocycles. The van der Waals surface area contributed by atoms with Gasteiger partial charge in [-0.1, -0.05) is 48.5 Å². The molecule has 1 amide bonds. The number of rotatable bonds is 4. The van der Waals surface area contributed by atoms with Gasteiger partial charge in [0, 0.05) is 11.3 Å². The minimum Gasteiger partial charge on any atom is -0.319 e. The molecule has 0 aliphatic carbocycles. The Morgan fingerprint density at radius 3 is 2.48 bits per heavy atom. The van der Waals surface area contributed by atoms with Gasteiger partial charge in [0.25, 0.3) is 5.91 Å². The quantitative estimate of drug-likeness (QED) is 0.540. The van der Waals surface area contributed by atoms with Crippen molar-refractivity contribution >= 4 is 11.6 Å². The van der Waals surface area contributed by atoms with Crippen LogP contribution in [0.4, 0.5) is 10.1 Å². The third kappa shape index (κ3) is 3.78. The number of halogens is 1. The van der Waals surface area contributed by atoms with Crippen LogP contribution in [0, 0.1) is 19.7 Å². The molecular formula is C23H19FN4O. The SMILES string of the molecule is Cc1cccc(-n2nc(C(=O)Nc3cccc(F)c3)nc2-c2ccccc2)c1C. The summed E-state index contributed by atoms with van der Waals surface area (Å²) in [7, 11) is 0. The van der Waals surface area contributed by atoms with Crippen molar-refractivity contribution in [3.63, 3.8) is 0 Å². The maximum atomic E-state index is 13.4. The number of nitrogens with one attached hydrogen (secondary N) is 1. The highest BCUT2D eigenvalue weighted by Gasteiger charge is 2.20. The largest absolute Gasteiger partial charge is 0.319 e. The van der Waals surface area contributed by atoms with Gasteiger partial charge in [0.1, 0.15) is 5.82 Å². The van der Waals surface area contributed by atoms with E-state index in [1.807, 2.05) is 62.4 Å². The van der Waals surface area contributed by atoms with Crippen LogP contribution in [0.1, 0.15) is 21.7 Å². The standard InChI is InChI=1S/C23H19FN4O/c1-15-8-6-13-20(16(15)2)28-22(17-9-4-3-5-10-17)26-21(27-28)23(29)25-19-12-7-11-18(24)14-19/h3-14H,1-2H3,(H,25,29). The van der Waals surface area contributed by atoms with Crippen LogP contribution in [0.5, 0.6) is 0 Å². The summed E-state index contributed by atoms with van der Waals surface area (Å²) in [6, 6.07) is 21.2. The van der Waals surface area contributed by atoms with E-state index < -0.39 is 11.7 Å². The first kappa shape index (κ1) is 18.6. The molecule has 0 unspecified atom stereocenters. The molecule has 0 bridgehead atoms. The fraction of sp³-hybridized carbons (Fsp3) is 0.0870. The Balaban J connectivity index is 1.79. The lowest BCUT2D eigenvalue weighted by Gasteiger charge is -2.10. The summed E-state index contributed by atoms with van der Waals surface area (Å²) in [6.07, 6.45) is 0. The molecule has 1 aromatic heterocycles. The van der Waals surface area contributed by atoms with E-state index in [2.05, 4.69) is 15.4 Å². The minimum atomic E-state index is -0.503. The van der Waals surface area contributed by atoms with Gasteiger partial charge in [-0.3, -0.25) is 4.79 Å². The highest BCUT2D eigenvalue weighted by atomic mass is 19.1. The summed E-state index contributed by atoms with van der Waals surface area (Å²) in [5, 5.41) is 7.13. The first-order valence-corrected chi connectivity index (χ1v) is 9.19. The zero-order chi connectivity index (χ0) is 20.4. The zero-order valence-corrected chi connectivity index (χ0v) is 16.1. The van der Waals surface area contributed by atoms with Gasteiger partial charge in [-0.05, 0) is 49.2 Å². The highest BCUT2D eigenvalue weighted by molar-refractivity contribution is 6.01. The third-order valence-electron chi connectivity index (χ3n) is 4.73. The van der Waals surface area contributed by atoms with Crippen LogP contribution < -0.4 is 5.32 Å². The molecular weight excluding hydrogens is 367 g/mol. The van der Waals surface area contributed by atoms with Crippen molar-refractivity contribution in [3.8, 4) is 17.1 Å². The lowest BCUT2D eigenvalue weighted by Crippen LogP contribution is -2.14. The van der Waals surface area contributed by atoms with Crippen LogP contribution in [0.3, 0.4) is 0 Å². The number of aromatic nitrogens is 3. The molecule has 5 nitrogen and oxygen atoms in total. The Morgan fingerprint density at radius 1 is 0.966 bits per heavy atom. The van der Waals surface area contributed by atoms with Crippen LogP contribution in [0.25, 0.3) is 17.1 Å². The molecule has 144 valence electrons. The average Bonchev–Trinajstić information content (AvgIpc) is 3.16. The first-order chi connectivity index (χ1) is 14.0. The first-order valence-electron chi connectivity index (χ1n) is 9.19. The van der Waals surface area contributed by atoms with Crippen molar-refractivity contribution in [2.75, 3.05) is 5.32 Å². The number of nitrogens with zero attached hydrogens (tertiary/aromatic N) is 3. The minimum absolute atomic E-state index is 0.00835. The van der Waals surface area contributed by atoms with Crippen molar-refractivity contribution in [1.82, 2.24) is 14.8 Å². The Bertz CT molecular complexity index is 1180. The van der Waals surface area contributed by atoms with E-state index in [0.717, 1.165) is 22.4 Å². The van der Waals surface area contributed by atoms with E-state index in [9.17, 15) is 9.18 Å². The van der Waals surface area contributed by atoms with Crippen molar-refractivity contribution < 1.29 is 9.18 Å². The van der Waals surface area contributed by atoms with Crippen LogP contribution in [-0.4, -0.2) is 20.7 Å². The second-order valence-corrected chi connectivity index (χ2v) is 6.72. The Kier molecular flexibility index (Phi) is 4.91. The van der Waals surface area contributed by atoms with Gasteiger partial charge in [-0.25, -0.2) is 14.1 Å². The number of aryl methyl sites for hydroxylation is 1. The number of amides is 1. The summed E-state index contributed by atoms with van der Waals surface area (Å²) in [6.45, 7) is 4.03. The number of carbonyl (C=O) groups excluding carboxylic acids is 1. The molecule has 1 heterocycles. The van der Waals surface area contributed by atoms with Crippen LogP contribution in [0.2, 0.25) is 0 Å². The predicted octanol–water partition coefficient (Wildman–Crippen LogP) is 4.94. The molecule has 29 heavy (non-hydrogen) atoms. The smallest absolute Gasteiger partial charge is 0.295 e. The van der Waals surface area contributed by atoms with Crippen LogP contribution >= 0.6 is 0 Å². The average molecular weight is 386 g/mol.